The van der Waals surface area contributed by atoms with E-state index in [1.807, 2.05) is 0 Å². The summed E-state index contributed by atoms with van der Waals surface area (Å²) in [5, 5.41) is 12.2. The van der Waals surface area contributed by atoms with Gasteiger partial charge in [0.2, 0.25) is 5.88 Å². The van der Waals surface area contributed by atoms with Gasteiger partial charge in [0.15, 0.2) is 0 Å². The summed E-state index contributed by atoms with van der Waals surface area (Å²) in [5.74, 6) is -0.0667. The number of benzene rings is 2. The van der Waals surface area contributed by atoms with Gasteiger partial charge in [-0.25, -0.2) is 9.37 Å². The average molecular weight is 298 g/mol. The van der Waals surface area contributed by atoms with Crippen molar-refractivity contribution in [3.05, 3.63) is 64.5 Å². The van der Waals surface area contributed by atoms with Gasteiger partial charge in [0.05, 0.1) is 28.5 Å². The van der Waals surface area contributed by atoms with Crippen LogP contribution in [-0.4, -0.2) is 17.0 Å². The monoisotopic (exact) mass is 298 g/mol. The second-order valence-corrected chi connectivity index (χ2v) is 4.65. The predicted molar refractivity (Wildman–Crippen MR) is 80.3 cm³/mol. The van der Waals surface area contributed by atoms with E-state index in [-0.39, 0.29) is 11.5 Å². The number of ether oxygens (including phenoxy) is 1. The fourth-order valence-electron chi connectivity index (χ4n) is 2.31. The highest BCUT2D eigenvalue weighted by atomic mass is 19.1. The first-order chi connectivity index (χ1) is 10.6. The number of non-ortho nitro benzene ring substituents is 1. The van der Waals surface area contributed by atoms with Crippen molar-refractivity contribution >= 4 is 16.5 Å². The van der Waals surface area contributed by atoms with E-state index < -0.39 is 4.92 Å². The highest BCUT2D eigenvalue weighted by Gasteiger charge is 2.16. The molecule has 0 N–H and O–H groups in total. The van der Waals surface area contributed by atoms with E-state index in [1.165, 1.54) is 25.3 Å². The first kappa shape index (κ1) is 13.9. The van der Waals surface area contributed by atoms with Crippen LogP contribution in [0.4, 0.5) is 10.1 Å². The normalized spacial score (nSPS) is 10.6. The molecule has 0 saturated heterocycles. The minimum absolute atomic E-state index is 0.0263. The number of rotatable bonds is 3. The third-order valence-corrected chi connectivity index (χ3v) is 3.35. The minimum atomic E-state index is -0.448. The van der Waals surface area contributed by atoms with Crippen molar-refractivity contribution in [3.8, 4) is 17.1 Å². The zero-order valence-corrected chi connectivity index (χ0v) is 11.6. The number of halogens is 1. The van der Waals surface area contributed by atoms with Crippen LogP contribution in [0.1, 0.15) is 0 Å². The van der Waals surface area contributed by atoms with E-state index in [0.29, 0.717) is 27.9 Å². The van der Waals surface area contributed by atoms with Crippen LogP contribution in [0.15, 0.2) is 48.5 Å². The molecule has 0 bridgehead atoms. The summed E-state index contributed by atoms with van der Waals surface area (Å²) < 4.78 is 18.3. The number of hydrogen-bond acceptors (Lipinski definition) is 4. The Morgan fingerprint density at radius 2 is 1.86 bits per heavy atom. The van der Waals surface area contributed by atoms with E-state index in [1.54, 1.807) is 30.3 Å². The molecule has 0 amide bonds. The highest BCUT2D eigenvalue weighted by molar-refractivity contribution is 5.96. The Morgan fingerprint density at radius 1 is 1.14 bits per heavy atom. The summed E-state index contributed by atoms with van der Waals surface area (Å²) in [6.07, 6.45) is 0. The molecule has 1 aromatic heterocycles. The standard InChI is InChI=1S/C16H11FN2O3/c1-22-16-12-3-2-4-15(19(20)21)13(12)9-14(18-16)10-5-7-11(17)8-6-10/h2-9H,1H3. The summed E-state index contributed by atoms with van der Waals surface area (Å²) in [5.41, 5.74) is 1.11. The van der Waals surface area contributed by atoms with Crippen LogP contribution < -0.4 is 4.74 Å². The molecule has 0 aliphatic heterocycles. The van der Waals surface area contributed by atoms with E-state index in [4.69, 9.17) is 4.74 Å². The minimum Gasteiger partial charge on any atom is -0.481 e. The Morgan fingerprint density at radius 3 is 2.50 bits per heavy atom. The van der Waals surface area contributed by atoms with Crippen LogP contribution in [0, 0.1) is 15.9 Å². The van der Waals surface area contributed by atoms with Gasteiger partial charge in [0.1, 0.15) is 5.82 Å². The predicted octanol–water partition coefficient (Wildman–Crippen LogP) is 3.96. The van der Waals surface area contributed by atoms with Crippen LogP contribution in [0.25, 0.3) is 22.0 Å². The Kier molecular flexibility index (Phi) is 3.42. The summed E-state index contributed by atoms with van der Waals surface area (Å²) in [4.78, 5) is 15.1. The van der Waals surface area contributed by atoms with Crippen LogP contribution in [0.3, 0.4) is 0 Å². The first-order valence-corrected chi connectivity index (χ1v) is 6.48. The van der Waals surface area contributed by atoms with Crippen LogP contribution in [0.5, 0.6) is 5.88 Å². The molecule has 0 unspecified atom stereocenters. The lowest BCUT2D eigenvalue weighted by molar-refractivity contribution is -0.383. The van der Waals surface area contributed by atoms with Crippen LogP contribution >= 0.6 is 0 Å². The highest BCUT2D eigenvalue weighted by Crippen LogP contribution is 2.34. The summed E-state index contributed by atoms with van der Waals surface area (Å²) >= 11 is 0. The number of nitro benzene ring substituents is 1. The van der Waals surface area contributed by atoms with Gasteiger partial charge in [-0.05, 0) is 36.4 Å². The van der Waals surface area contributed by atoms with Gasteiger partial charge in [-0.15, -0.1) is 0 Å². The number of fused-ring (bicyclic) bond motifs is 1. The molecule has 0 atom stereocenters. The van der Waals surface area contributed by atoms with Crippen LogP contribution in [0.2, 0.25) is 0 Å². The smallest absolute Gasteiger partial charge is 0.277 e. The second kappa shape index (κ2) is 5.40. The van der Waals surface area contributed by atoms with Crippen molar-refractivity contribution < 1.29 is 14.1 Å². The van der Waals surface area contributed by atoms with Gasteiger partial charge < -0.3 is 4.74 Å². The molecule has 0 aliphatic carbocycles. The topological polar surface area (TPSA) is 65.3 Å². The van der Waals surface area contributed by atoms with E-state index in [0.717, 1.165) is 0 Å². The maximum atomic E-state index is 13.0. The van der Waals surface area contributed by atoms with Crippen molar-refractivity contribution in [2.45, 2.75) is 0 Å². The SMILES string of the molecule is COc1nc(-c2ccc(F)cc2)cc2c([N+](=O)[O-])cccc12. The number of pyridine rings is 1. The lowest BCUT2D eigenvalue weighted by Gasteiger charge is -2.08. The zero-order valence-electron chi connectivity index (χ0n) is 11.6. The van der Waals surface area contributed by atoms with Gasteiger partial charge in [0.25, 0.3) is 5.69 Å². The third kappa shape index (κ3) is 2.35. The Bertz CT molecular complexity index is 863. The summed E-state index contributed by atoms with van der Waals surface area (Å²) in [7, 11) is 1.45. The molecule has 0 radical (unpaired) electrons. The van der Waals surface area contributed by atoms with Gasteiger partial charge in [0, 0.05) is 11.6 Å². The summed E-state index contributed by atoms with van der Waals surface area (Å²) in [6, 6.07) is 12.1. The van der Waals surface area contributed by atoms with Crippen molar-refractivity contribution in [1.29, 1.82) is 0 Å². The van der Waals surface area contributed by atoms with E-state index in [9.17, 15) is 14.5 Å². The molecule has 22 heavy (non-hydrogen) atoms. The van der Waals surface area contributed by atoms with Crippen molar-refractivity contribution in [2.75, 3.05) is 7.11 Å². The molecular weight excluding hydrogens is 287 g/mol. The molecule has 0 saturated carbocycles. The number of methoxy groups -OCH3 is 1. The quantitative estimate of drug-likeness (QED) is 0.542. The van der Waals surface area contributed by atoms with Crippen LogP contribution in [-0.2, 0) is 0 Å². The average Bonchev–Trinajstić information content (AvgIpc) is 2.53. The van der Waals surface area contributed by atoms with Gasteiger partial charge >= 0.3 is 0 Å². The molecule has 5 nitrogen and oxygen atoms in total. The summed E-state index contributed by atoms with van der Waals surface area (Å²) in [6.45, 7) is 0. The lowest BCUT2D eigenvalue weighted by Crippen LogP contribution is -1.95. The van der Waals surface area contributed by atoms with E-state index in [2.05, 4.69) is 4.98 Å². The van der Waals surface area contributed by atoms with Gasteiger partial charge in [-0.3, -0.25) is 10.1 Å². The molecule has 0 spiro atoms. The van der Waals surface area contributed by atoms with Crippen molar-refractivity contribution in [2.24, 2.45) is 0 Å². The fourth-order valence-corrected chi connectivity index (χ4v) is 2.31. The van der Waals surface area contributed by atoms with E-state index >= 15 is 0 Å². The molecule has 2 aromatic carbocycles. The molecular formula is C16H11FN2O3. The maximum Gasteiger partial charge on any atom is 0.277 e. The molecule has 6 heteroatoms. The lowest BCUT2D eigenvalue weighted by atomic mass is 10.1. The van der Waals surface area contributed by atoms with Gasteiger partial charge in [-0.2, -0.15) is 0 Å². The maximum absolute atomic E-state index is 13.0. The molecule has 3 rings (SSSR count). The Balaban J connectivity index is 2.30. The molecule has 3 aromatic rings. The van der Waals surface area contributed by atoms with Crippen molar-refractivity contribution in [1.82, 2.24) is 4.98 Å². The third-order valence-electron chi connectivity index (χ3n) is 3.35. The molecule has 1 heterocycles. The Hall–Kier alpha value is -3.02. The Labute approximate surface area is 125 Å². The molecule has 0 aliphatic rings. The second-order valence-electron chi connectivity index (χ2n) is 4.65. The number of nitrogens with zero attached hydrogens (tertiary/aromatic N) is 2. The van der Waals surface area contributed by atoms with Crippen molar-refractivity contribution in [3.63, 3.8) is 0 Å². The van der Waals surface area contributed by atoms with Gasteiger partial charge in [-0.1, -0.05) is 6.07 Å². The molecule has 0 fully saturated rings. The molecule has 110 valence electrons. The number of hydrogen-bond donors (Lipinski definition) is 0. The number of aromatic nitrogens is 1. The number of nitro groups is 1. The largest absolute Gasteiger partial charge is 0.481 e. The first-order valence-electron chi connectivity index (χ1n) is 6.48. The zero-order chi connectivity index (χ0) is 15.7. The fraction of sp³-hybridized carbons (Fsp3) is 0.0625.